The van der Waals surface area contributed by atoms with E-state index in [1.54, 1.807) is 24.0 Å². The Morgan fingerprint density at radius 1 is 0.949 bits per heavy atom. The summed E-state index contributed by atoms with van der Waals surface area (Å²) in [5.41, 5.74) is 0.896. The Hall–Kier alpha value is -5.13. The SMILES string of the molecule is Cc1cccc(C[C@H](NC(=O)Nc2ccc(Cl)c(F)c2)C(=O)N[C@@H](CO)C(=O)N2CCC[C@H]2C(=O)N2CCN(C)C[C@H]2C(=O)N[C@@H](C)C(=O)N2C[C@H](C)C[C@]23CC3=O)c1. The molecule has 7 atom stereocenters. The highest BCUT2D eigenvalue weighted by molar-refractivity contribution is 6.30. The van der Waals surface area contributed by atoms with Gasteiger partial charge in [-0.05, 0) is 69.8 Å². The molecule has 0 aromatic heterocycles. The molecule has 4 aliphatic rings. The predicted octanol–water partition coefficient (Wildman–Crippen LogP) is 1.22. The van der Waals surface area contributed by atoms with Gasteiger partial charge in [-0.1, -0.05) is 48.4 Å². The lowest BCUT2D eigenvalue weighted by atomic mass is 10.0. The fraction of sp³-hybridized carbons (Fsp3) is 0.537. The van der Waals surface area contributed by atoms with Crippen LogP contribution in [0.4, 0.5) is 14.9 Å². The summed E-state index contributed by atoms with van der Waals surface area (Å²) in [6.07, 6.45) is 1.63. The van der Waals surface area contributed by atoms with Crippen molar-refractivity contribution in [2.75, 3.05) is 51.7 Å². The van der Waals surface area contributed by atoms with Gasteiger partial charge in [0.1, 0.15) is 41.6 Å². The van der Waals surface area contributed by atoms with E-state index in [2.05, 4.69) is 21.3 Å². The average molecular weight is 839 g/mol. The molecule has 1 aliphatic carbocycles. The van der Waals surface area contributed by atoms with Crippen LogP contribution in [0.25, 0.3) is 0 Å². The fourth-order valence-corrected chi connectivity index (χ4v) is 8.64. The molecule has 2 aromatic carbocycles. The maximum Gasteiger partial charge on any atom is 0.319 e. The molecule has 18 heteroatoms. The van der Waals surface area contributed by atoms with Crippen molar-refractivity contribution in [3.8, 4) is 0 Å². The second-order valence-electron chi connectivity index (χ2n) is 16.3. The zero-order valence-corrected chi connectivity index (χ0v) is 34.4. The number of hydrogen-bond donors (Lipinski definition) is 5. The van der Waals surface area contributed by atoms with E-state index in [1.165, 1.54) is 21.9 Å². The number of piperazine rings is 1. The molecule has 0 radical (unpaired) electrons. The molecule has 1 spiro atoms. The van der Waals surface area contributed by atoms with Gasteiger partial charge < -0.3 is 46.0 Å². The summed E-state index contributed by atoms with van der Waals surface area (Å²) in [6, 6.07) is 4.41. The van der Waals surface area contributed by atoms with Crippen LogP contribution in [0.5, 0.6) is 0 Å². The van der Waals surface area contributed by atoms with Gasteiger partial charge in [0, 0.05) is 51.3 Å². The van der Waals surface area contributed by atoms with Gasteiger partial charge in [-0.15, -0.1) is 0 Å². The summed E-state index contributed by atoms with van der Waals surface area (Å²) < 4.78 is 14.1. The van der Waals surface area contributed by atoms with Crippen molar-refractivity contribution in [1.82, 2.24) is 35.6 Å². The molecule has 5 N–H and O–H groups in total. The van der Waals surface area contributed by atoms with Gasteiger partial charge in [-0.2, -0.15) is 0 Å². The number of nitrogens with one attached hydrogen (secondary N) is 4. The maximum atomic E-state index is 14.3. The van der Waals surface area contributed by atoms with Crippen LogP contribution in [0.2, 0.25) is 5.02 Å². The first kappa shape index (κ1) is 43.4. The van der Waals surface area contributed by atoms with Crippen molar-refractivity contribution < 1.29 is 43.1 Å². The van der Waals surface area contributed by atoms with Crippen LogP contribution in [0.15, 0.2) is 42.5 Å². The summed E-state index contributed by atoms with van der Waals surface area (Å²) >= 11 is 5.76. The van der Waals surface area contributed by atoms with Crippen LogP contribution < -0.4 is 21.3 Å². The van der Waals surface area contributed by atoms with Crippen LogP contribution in [0.1, 0.15) is 50.7 Å². The van der Waals surface area contributed by atoms with Gasteiger partial charge in [0.2, 0.25) is 29.5 Å². The number of urea groups is 1. The number of benzene rings is 2. The Balaban J connectivity index is 1.12. The Morgan fingerprint density at radius 2 is 1.69 bits per heavy atom. The Kier molecular flexibility index (Phi) is 13.3. The summed E-state index contributed by atoms with van der Waals surface area (Å²) in [7, 11) is 1.81. The highest BCUT2D eigenvalue weighted by Crippen LogP contribution is 2.48. The monoisotopic (exact) mass is 838 g/mol. The Morgan fingerprint density at radius 3 is 2.37 bits per heavy atom. The number of carbonyl (C=O) groups excluding carboxylic acids is 7. The lowest BCUT2D eigenvalue weighted by Gasteiger charge is -2.41. The zero-order valence-electron chi connectivity index (χ0n) is 33.6. The summed E-state index contributed by atoms with van der Waals surface area (Å²) in [5.74, 6) is -3.46. The topological polar surface area (TPSA) is 201 Å². The van der Waals surface area contributed by atoms with Gasteiger partial charge in [-0.25, -0.2) is 9.18 Å². The van der Waals surface area contributed by atoms with Crippen molar-refractivity contribution >= 4 is 58.6 Å². The molecular formula is C41H52ClFN8O8. The molecule has 0 bridgehead atoms. The number of aryl methyl sites for hydroxylation is 1. The van der Waals surface area contributed by atoms with Gasteiger partial charge >= 0.3 is 6.03 Å². The molecule has 0 unspecified atom stereocenters. The minimum Gasteiger partial charge on any atom is -0.394 e. The van der Waals surface area contributed by atoms with E-state index >= 15 is 0 Å². The molecule has 2 aromatic rings. The number of amides is 7. The van der Waals surface area contributed by atoms with E-state index in [4.69, 9.17) is 11.6 Å². The van der Waals surface area contributed by atoms with Crippen LogP contribution in [-0.2, 0) is 35.2 Å². The number of ketones is 1. The molecule has 7 amide bonds. The number of aliphatic hydroxyl groups is 1. The molecule has 3 heterocycles. The van der Waals surface area contributed by atoms with Crippen molar-refractivity contribution in [2.45, 2.75) is 88.6 Å². The number of carbonyl (C=O) groups is 7. The van der Waals surface area contributed by atoms with Crippen molar-refractivity contribution in [3.05, 3.63) is 64.4 Å². The molecule has 1 saturated carbocycles. The third-order valence-electron chi connectivity index (χ3n) is 11.6. The van der Waals surface area contributed by atoms with E-state index in [-0.39, 0.29) is 60.8 Å². The summed E-state index contributed by atoms with van der Waals surface area (Å²) in [4.78, 5) is 101. The number of halogens is 2. The van der Waals surface area contributed by atoms with E-state index in [0.29, 0.717) is 37.9 Å². The number of aliphatic hydroxyl groups excluding tert-OH is 1. The molecule has 59 heavy (non-hydrogen) atoms. The maximum absolute atomic E-state index is 14.3. The zero-order chi connectivity index (χ0) is 42.8. The Labute approximate surface area is 347 Å². The van der Waals surface area contributed by atoms with Gasteiger partial charge in [0.05, 0.1) is 11.6 Å². The van der Waals surface area contributed by atoms with Gasteiger partial charge in [-0.3, -0.25) is 28.8 Å². The van der Waals surface area contributed by atoms with E-state index in [1.807, 2.05) is 37.9 Å². The van der Waals surface area contributed by atoms with Gasteiger partial charge in [0.15, 0.2) is 5.78 Å². The lowest BCUT2D eigenvalue weighted by Crippen LogP contribution is -2.65. The first-order chi connectivity index (χ1) is 28.0. The van der Waals surface area contributed by atoms with E-state index in [0.717, 1.165) is 11.6 Å². The normalized spacial score (nSPS) is 24.4. The molecule has 318 valence electrons. The fourth-order valence-electron chi connectivity index (χ4n) is 8.52. The molecule has 6 rings (SSSR count). The van der Waals surface area contributed by atoms with Crippen LogP contribution in [-0.4, -0.2) is 148 Å². The second kappa shape index (κ2) is 18.0. The number of rotatable bonds is 12. The van der Waals surface area contributed by atoms with Crippen molar-refractivity contribution in [1.29, 1.82) is 0 Å². The lowest BCUT2D eigenvalue weighted by molar-refractivity contribution is -0.152. The largest absolute Gasteiger partial charge is 0.394 e. The molecular weight excluding hydrogens is 787 g/mol. The number of anilines is 1. The highest BCUT2D eigenvalue weighted by Gasteiger charge is 2.63. The van der Waals surface area contributed by atoms with Crippen molar-refractivity contribution in [3.63, 3.8) is 0 Å². The van der Waals surface area contributed by atoms with Crippen LogP contribution in [0.3, 0.4) is 0 Å². The smallest absolute Gasteiger partial charge is 0.319 e. The molecule has 4 fully saturated rings. The number of nitrogens with zero attached hydrogens (tertiary/aromatic N) is 4. The third kappa shape index (κ3) is 9.68. The highest BCUT2D eigenvalue weighted by atomic mass is 35.5. The second-order valence-corrected chi connectivity index (χ2v) is 16.7. The third-order valence-corrected chi connectivity index (χ3v) is 12.0. The average Bonchev–Trinajstić information content (AvgIpc) is 3.46. The standard InChI is InChI=1S/C41H52ClFN8O8/c1-23-7-5-8-26(15-23)16-30(47-40(59)45-27-10-11-28(42)29(43)17-27)35(54)46-31(22-52)38(57)49-12-6-9-32(49)39(58)50-14-13-48(4)21-33(50)36(55)44-25(3)37(56)51-20-24(2)18-41(51)19-34(41)53/h5,7-8,10-11,15,17,24-25,30-33,52H,6,9,12-14,16,18-22H2,1-4H3,(H,44,55)(H,46,54)(H2,45,47,59)/t24-,25+,30+,31+,32+,33+,41-/m1/s1. The van der Waals surface area contributed by atoms with E-state index in [9.17, 15) is 43.1 Å². The van der Waals surface area contributed by atoms with Crippen LogP contribution in [0, 0.1) is 18.7 Å². The first-order valence-corrected chi connectivity index (χ1v) is 20.3. The van der Waals surface area contributed by atoms with Crippen molar-refractivity contribution in [2.24, 2.45) is 5.92 Å². The van der Waals surface area contributed by atoms with E-state index < -0.39 is 77.8 Å². The molecule has 3 saturated heterocycles. The number of hydrogen-bond acceptors (Lipinski definition) is 9. The van der Waals surface area contributed by atoms with Gasteiger partial charge in [0.25, 0.3) is 0 Å². The Bertz CT molecular complexity index is 2010. The quantitative estimate of drug-likeness (QED) is 0.209. The minimum atomic E-state index is -1.49. The number of likely N-dealkylation sites (tertiary alicyclic amines) is 2. The first-order valence-electron chi connectivity index (χ1n) is 19.9. The molecule has 3 aliphatic heterocycles. The van der Waals surface area contributed by atoms with Crippen LogP contribution >= 0.6 is 11.6 Å². The summed E-state index contributed by atoms with van der Waals surface area (Å²) in [5, 5.41) is 20.7. The minimum absolute atomic E-state index is 0.000297. The predicted molar refractivity (Wildman–Crippen MR) is 214 cm³/mol. The number of Topliss-reactive ketones (excluding diaryl/α,β-unsaturated/α-hetero) is 1. The summed E-state index contributed by atoms with van der Waals surface area (Å²) in [6.45, 7) is 5.97. The number of likely N-dealkylation sites (N-methyl/N-ethyl adjacent to an activating group) is 1. The molecule has 16 nitrogen and oxygen atoms in total.